The molecule has 142 valence electrons. The Morgan fingerprint density at radius 3 is 2.57 bits per heavy atom. The van der Waals surface area contributed by atoms with E-state index in [1.54, 1.807) is 6.20 Å². The van der Waals surface area contributed by atoms with E-state index in [4.69, 9.17) is 4.74 Å². The van der Waals surface area contributed by atoms with Crippen molar-refractivity contribution in [3.8, 4) is 0 Å². The number of carbonyl (C=O) groups excluding carboxylic acids is 1. The van der Waals surface area contributed by atoms with Crippen molar-refractivity contribution in [3.63, 3.8) is 0 Å². The van der Waals surface area contributed by atoms with E-state index in [2.05, 4.69) is 40.2 Å². The van der Waals surface area contributed by atoms with Crippen molar-refractivity contribution < 1.29 is 9.53 Å². The number of carbonyl (C=O) groups is 1. The van der Waals surface area contributed by atoms with Crippen LogP contribution in [0.1, 0.15) is 28.8 Å². The minimum Gasteiger partial charge on any atom is -0.378 e. The van der Waals surface area contributed by atoms with E-state index in [0.717, 1.165) is 49.1 Å². The molecule has 2 aliphatic heterocycles. The quantitative estimate of drug-likeness (QED) is 0.647. The third kappa shape index (κ3) is 3.34. The predicted octanol–water partition coefficient (Wildman–Crippen LogP) is 4.10. The van der Waals surface area contributed by atoms with Gasteiger partial charge in [-0.15, -0.1) is 0 Å². The number of piperidine rings is 1. The van der Waals surface area contributed by atoms with Crippen molar-refractivity contribution in [2.24, 2.45) is 5.92 Å². The van der Waals surface area contributed by atoms with Gasteiger partial charge < -0.3 is 4.74 Å². The van der Waals surface area contributed by atoms with E-state index in [9.17, 15) is 4.79 Å². The molecule has 28 heavy (non-hydrogen) atoms. The van der Waals surface area contributed by atoms with Crippen LogP contribution in [0.2, 0.25) is 0 Å². The predicted molar refractivity (Wildman–Crippen MR) is 109 cm³/mol. The number of aromatic nitrogens is 1. The fraction of sp³-hybridized carbons (Fsp3) is 0.333. The molecular formula is C24H24N2O2. The smallest absolute Gasteiger partial charge is 0.166 e. The van der Waals surface area contributed by atoms with Gasteiger partial charge >= 0.3 is 0 Å². The highest BCUT2D eigenvalue weighted by Gasteiger charge is 2.41. The summed E-state index contributed by atoms with van der Waals surface area (Å²) >= 11 is 0. The van der Waals surface area contributed by atoms with Gasteiger partial charge in [0.1, 0.15) is 0 Å². The molecule has 1 aromatic heterocycles. The van der Waals surface area contributed by atoms with Crippen LogP contribution in [0.3, 0.4) is 0 Å². The summed E-state index contributed by atoms with van der Waals surface area (Å²) in [5, 5.41) is 1.03. The molecule has 2 aliphatic rings. The van der Waals surface area contributed by atoms with Gasteiger partial charge in [0.2, 0.25) is 0 Å². The zero-order valence-electron chi connectivity index (χ0n) is 15.8. The van der Waals surface area contributed by atoms with Crippen molar-refractivity contribution in [3.05, 3.63) is 78.0 Å². The Balaban J connectivity index is 1.35. The van der Waals surface area contributed by atoms with E-state index in [1.807, 2.05) is 30.3 Å². The lowest BCUT2D eigenvalue weighted by Gasteiger charge is -2.48. The summed E-state index contributed by atoms with van der Waals surface area (Å²) in [6.07, 6.45) is 3.52. The average molecular weight is 372 g/mol. The van der Waals surface area contributed by atoms with Gasteiger partial charge in [0.05, 0.1) is 18.7 Å². The highest BCUT2D eigenvalue weighted by molar-refractivity contribution is 6.00. The first-order valence-electron chi connectivity index (χ1n) is 10.0. The van der Waals surface area contributed by atoms with Crippen LogP contribution in [0, 0.1) is 5.92 Å². The topological polar surface area (TPSA) is 42.4 Å². The first-order chi connectivity index (χ1) is 13.8. The van der Waals surface area contributed by atoms with Crippen molar-refractivity contribution >= 4 is 16.7 Å². The molecule has 2 unspecified atom stereocenters. The zero-order valence-corrected chi connectivity index (χ0v) is 15.8. The second-order valence-electron chi connectivity index (χ2n) is 7.95. The molecule has 0 saturated carbocycles. The minimum absolute atomic E-state index is 0.0695. The van der Waals surface area contributed by atoms with Crippen molar-refractivity contribution in [2.75, 3.05) is 13.2 Å². The summed E-state index contributed by atoms with van der Waals surface area (Å²) in [7, 11) is 0. The molecule has 3 heterocycles. The van der Waals surface area contributed by atoms with Gasteiger partial charge in [-0.3, -0.25) is 14.7 Å². The van der Waals surface area contributed by atoms with Crippen LogP contribution in [0.15, 0.2) is 66.9 Å². The Bertz CT molecular complexity index is 974. The molecule has 0 N–H and O–H groups in total. The van der Waals surface area contributed by atoms with Crippen LogP contribution in [-0.4, -0.2) is 41.0 Å². The number of fused-ring (bicyclic) bond motifs is 3. The summed E-state index contributed by atoms with van der Waals surface area (Å²) < 4.78 is 5.83. The number of hydrogen-bond donors (Lipinski definition) is 0. The largest absolute Gasteiger partial charge is 0.378 e. The molecule has 5 rings (SSSR count). The standard InChI is InChI=1S/C24H24N2O2/c27-24(19-8-9-23-18(11-19)7-4-10-25-23)20-12-21-15-28-16-22(13-20)26(21)14-17-5-2-1-3-6-17/h1-11,20-22H,12-16H2. The molecule has 2 saturated heterocycles. The number of pyridine rings is 1. The number of ketones is 1. The lowest BCUT2D eigenvalue weighted by Crippen LogP contribution is -2.57. The van der Waals surface area contributed by atoms with Crippen molar-refractivity contribution in [2.45, 2.75) is 31.5 Å². The number of rotatable bonds is 4. The first kappa shape index (κ1) is 17.5. The Kier molecular flexibility index (Phi) is 4.67. The summed E-state index contributed by atoms with van der Waals surface area (Å²) in [6.45, 7) is 2.37. The van der Waals surface area contributed by atoms with Gasteiger partial charge in [-0.25, -0.2) is 0 Å². The third-order valence-corrected chi connectivity index (χ3v) is 6.14. The molecular weight excluding hydrogens is 348 g/mol. The Morgan fingerprint density at radius 1 is 1.00 bits per heavy atom. The van der Waals surface area contributed by atoms with Crippen LogP contribution in [0.5, 0.6) is 0 Å². The molecule has 3 aromatic rings. The normalized spacial score (nSPS) is 24.9. The summed E-state index contributed by atoms with van der Waals surface area (Å²) in [4.78, 5) is 20.2. The summed E-state index contributed by atoms with van der Waals surface area (Å²) in [5.41, 5.74) is 3.06. The van der Waals surface area contributed by atoms with E-state index in [1.165, 1.54) is 5.56 Å². The molecule has 0 amide bonds. The van der Waals surface area contributed by atoms with Crippen LogP contribution >= 0.6 is 0 Å². The fourth-order valence-electron chi connectivity index (χ4n) is 4.72. The van der Waals surface area contributed by atoms with Crippen LogP contribution in [0.4, 0.5) is 0 Å². The highest BCUT2D eigenvalue weighted by Crippen LogP contribution is 2.35. The molecule has 4 heteroatoms. The second kappa shape index (κ2) is 7.46. The maximum Gasteiger partial charge on any atom is 0.166 e. The number of morpholine rings is 1. The van der Waals surface area contributed by atoms with Gasteiger partial charge in [-0.05, 0) is 42.7 Å². The zero-order chi connectivity index (χ0) is 18.9. The van der Waals surface area contributed by atoms with Crippen molar-refractivity contribution in [1.82, 2.24) is 9.88 Å². The van der Waals surface area contributed by atoms with Gasteiger partial charge in [0, 0.05) is 41.7 Å². The van der Waals surface area contributed by atoms with Crippen LogP contribution in [-0.2, 0) is 11.3 Å². The van der Waals surface area contributed by atoms with E-state index in [0.29, 0.717) is 12.1 Å². The van der Waals surface area contributed by atoms with Crippen LogP contribution < -0.4 is 0 Å². The Hall–Kier alpha value is -2.56. The molecule has 0 radical (unpaired) electrons. The summed E-state index contributed by atoms with van der Waals surface area (Å²) in [5.74, 6) is 0.335. The lowest BCUT2D eigenvalue weighted by atomic mass is 9.80. The van der Waals surface area contributed by atoms with Crippen LogP contribution in [0.25, 0.3) is 10.9 Å². The molecule has 2 bridgehead atoms. The Morgan fingerprint density at radius 2 is 1.79 bits per heavy atom. The molecule has 2 fully saturated rings. The average Bonchev–Trinajstić information content (AvgIpc) is 2.73. The van der Waals surface area contributed by atoms with Gasteiger partial charge in [0.15, 0.2) is 5.78 Å². The molecule has 2 aromatic carbocycles. The SMILES string of the molecule is O=C(c1ccc2ncccc2c1)C1CC2COCC(C1)N2Cc1ccccc1. The van der Waals surface area contributed by atoms with E-state index >= 15 is 0 Å². The number of ether oxygens (including phenoxy) is 1. The number of hydrogen-bond acceptors (Lipinski definition) is 4. The number of Topliss-reactive ketones (excluding diaryl/α,β-unsaturated/α-hetero) is 1. The van der Waals surface area contributed by atoms with Crippen molar-refractivity contribution in [1.29, 1.82) is 0 Å². The maximum atomic E-state index is 13.3. The molecule has 0 aliphatic carbocycles. The van der Waals surface area contributed by atoms with E-state index in [-0.39, 0.29) is 11.7 Å². The number of nitrogens with zero attached hydrogens (tertiary/aromatic N) is 2. The highest BCUT2D eigenvalue weighted by atomic mass is 16.5. The van der Waals surface area contributed by atoms with Gasteiger partial charge in [0.25, 0.3) is 0 Å². The Labute approximate surface area is 165 Å². The third-order valence-electron chi connectivity index (χ3n) is 6.14. The van der Waals surface area contributed by atoms with E-state index < -0.39 is 0 Å². The fourth-order valence-corrected chi connectivity index (χ4v) is 4.72. The minimum atomic E-state index is 0.0695. The van der Waals surface area contributed by atoms with Gasteiger partial charge in [-0.2, -0.15) is 0 Å². The van der Waals surface area contributed by atoms with Gasteiger partial charge in [-0.1, -0.05) is 36.4 Å². The summed E-state index contributed by atoms with van der Waals surface area (Å²) in [6, 6.07) is 21.0. The second-order valence-corrected chi connectivity index (χ2v) is 7.95. The number of benzene rings is 2. The molecule has 4 nitrogen and oxygen atoms in total. The lowest BCUT2D eigenvalue weighted by molar-refractivity contribution is -0.0872. The molecule has 2 atom stereocenters. The monoisotopic (exact) mass is 372 g/mol. The molecule has 0 spiro atoms. The first-order valence-corrected chi connectivity index (χ1v) is 10.0. The maximum absolute atomic E-state index is 13.3.